The summed E-state index contributed by atoms with van der Waals surface area (Å²) < 4.78 is 32.2. The quantitative estimate of drug-likeness (QED) is 0.868. The second-order valence-corrected chi connectivity index (χ2v) is 6.54. The second-order valence-electron chi connectivity index (χ2n) is 5.74. The highest BCUT2D eigenvalue weighted by molar-refractivity contribution is 9.10. The van der Waals surface area contributed by atoms with Crippen LogP contribution in [0.15, 0.2) is 10.5 Å². The number of nitrogens with one attached hydrogen (secondary N) is 1. The number of benzene rings is 1. The van der Waals surface area contributed by atoms with E-state index in [4.69, 9.17) is 0 Å². The average molecular weight is 373 g/mol. The molecule has 118 valence electrons. The van der Waals surface area contributed by atoms with Gasteiger partial charge in [-0.25, -0.2) is 0 Å². The van der Waals surface area contributed by atoms with Crippen molar-refractivity contribution in [1.82, 2.24) is 14.8 Å². The smallest absolute Gasteiger partial charge is 0.387 e. The van der Waals surface area contributed by atoms with Crippen LogP contribution in [0, 0.1) is 13.8 Å². The van der Waals surface area contributed by atoms with Crippen LogP contribution in [0.3, 0.4) is 0 Å². The van der Waals surface area contributed by atoms with Crippen LogP contribution in [-0.4, -0.2) is 21.4 Å². The van der Waals surface area contributed by atoms with E-state index in [0.717, 1.165) is 22.9 Å². The lowest BCUT2D eigenvalue weighted by Gasteiger charge is -2.35. The van der Waals surface area contributed by atoms with Crippen molar-refractivity contribution in [2.75, 3.05) is 5.32 Å². The standard InChI is InChI=1S/C14H15BrF2N4O/c1-6-10(15)9(22-13(16)17)5-8-11(6)21-7(2)19-20-12(21)14(3,4)18-8/h5,13,18H,1-4H3. The van der Waals surface area contributed by atoms with Crippen LogP contribution in [0.5, 0.6) is 5.75 Å². The van der Waals surface area contributed by atoms with Crippen LogP contribution in [0.25, 0.3) is 5.69 Å². The van der Waals surface area contributed by atoms with Gasteiger partial charge in [-0.3, -0.25) is 4.57 Å². The summed E-state index contributed by atoms with van der Waals surface area (Å²) in [4.78, 5) is 0. The summed E-state index contributed by atoms with van der Waals surface area (Å²) in [5, 5.41) is 11.7. The van der Waals surface area contributed by atoms with Gasteiger partial charge in [-0.1, -0.05) is 0 Å². The molecule has 0 radical (unpaired) electrons. The molecule has 2 heterocycles. The van der Waals surface area contributed by atoms with Crippen molar-refractivity contribution < 1.29 is 13.5 Å². The number of anilines is 1. The van der Waals surface area contributed by atoms with Crippen molar-refractivity contribution in [2.45, 2.75) is 39.8 Å². The van der Waals surface area contributed by atoms with Crippen LogP contribution in [0.2, 0.25) is 0 Å². The summed E-state index contributed by atoms with van der Waals surface area (Å²) in [5.74, 6) is 1.61. The minimum atomic E-state index is -2.88. The van der Waals surface area contributed by atoms with Crippen molar-refractivity contribution in [3.63, 3.8) is 0 Å². The van der Waals surface area contributed by atoms with Crippen LogP contribution in [0.4, 0.5) is 14.5 Å². The van der Waals surface area contributed by atoms with E-state index in [0.29, 0.717) is 10.2 Å². The Kier molecular flexibility index (Phi) is 3.39. The highest BCUT2D eigenvalue weighted by Crippen LogP contribution is 2.44. The minimum absolute atomic E-state index is 0.101. The van der Waals surface area contributed by atoms with Crippen molar-refractivity contribution in [2.24, 2.45) is 0 Å². The molecule has 2 aromatic rings. The molecule has 8 heteroatoms. The van der Waals surface area contributed by atoms with Crippen molar-refractivity contribution >= 4 is 21.6 Å². The molecule has 1 aromatic heterocycles. The Hall–Kier alpha value is -1.70. The van der Waals surface area contributed by atoms with E-state index in [2.05, 4.69) is 36.2 Å². The van der Waals surface area contributed by atoms with Crippen molar-refractivity contribution in [3.8, 4) is 11.4 Å². The van der Waals surface area contributed by atoms with Gasteiger partial charge in [0.25, 0.3) is 0 Å². The Balaban J connectivity index is 2.28. The first-order chi connectivity index (χ1) is 10.2. The lowest BCUT2D eigenvalue weighted by Crippen LogP contribution is -2.36. The molecule has 3 rings (SSSR count). The first kappa shape index (κ1) is 15.2. The number of aryl methyl sites for hydroxylation is 1. The fraction of sp³-hybridized carbons (Fsp3) is 0.429. The molecule has 0 amide bonds. The van der Waals surface area contributed by atoms with Gasteiger partial charge in [-0.15, -0.1) is 10.2 Å². The molecule has 0 atom stereocenters. The summed E-state index contributed by atoms with van der Waals surface area (Å²) in [6, 6.07) is 1.57. The van der Waals surface area contributed by atoms with Gasteiger partial charge < -0.3 is 10.1 Å². The molecule has 1 aromatic carbocycles. The third-order valence-corrected chi connectivity index (χ3v) is 4.69. The van der Waals surface area contributed by atoms with Gasteiger partial charge in [0.15, 0.2) is 5.82 Å². The summed E-state index contributed by atoms with van der Waals surface area (Å²) in [6.45, 7) is 4.74. The number of aromatic nitrogens is 3. The molecule has 0 bridgehead atoms. The molecular weight excluding hydrogens is 358 g/mol. The van der Waals surface area contributed by atoms with Crippen LogP contribution in [-0.2, 0) is 5.54 Å². The first-order valence-corrected chi connectivity index (χ1v) is 7.50. The number of hydrogen-bond acceptors (Lipinski definition) is 4. The van der Waals surface area contributed by atoms with Gasteiger partial charge in [-0.05, 0) is 49.2 Å². The maximum Gasteiger partial charge on any atom is 0.387 e. The highest BCUT2D eigenvalue weighted by atomic mass is 79.9. The first-order valence-electron chi connectivity index (χ1n) is 6.71. The fourth-order valence-electron chi connectivity index (χ4n) is 2.75. The molecule has 0 saturated heterocycles. The predicted molar refractivity (Wildman–Crippen MR) is 81.8 cm³/mol. The monoisotopic (exact) mass is 372 g/mol. The Labute approximate surface area is 134 Å². The normalized spacial score (nSPS) is 15.3. The lowest BCUT2D eigenvalue weighted by atomic mass is 9.98. The van der Waals surface area contributed by atoms with Crippen LogP contribution in [0.1, 0.15) is 31.1 Å². The number of ether oxygens (including phenoxy) is 1. The lowest BCUT2D eigenvalue weighted by molar-refractivity contribution is -0.0503. The largest absolute Gasteiger partial charge is 0.434 e. The molecule has 5 nitrogen and oxygen atoms in total. The van der Waals surface area contributed by atoms with Gasteiger partial charge in [0, 0.05) is 6.07 Å². The second kappa shape index (κ2) is 4.91. The molecule has 0 spiro atoms. The number of fused-ring (bicyclic) bond motifs is 3. The van der Waals surface area contributed by atoms with E-state index in [-0.39, 0.29) is 5.75 Å². The van der Waals surface area contributed by atoms with Gasteiger partial charge in [-0.2, -0.15) is 8.78 Å². The minimum Gasteiger partial charge on any atom is -0.434 e. The third kappa shape index (κ3) is 2.16. The topological polar surface area (TPSA) is 52.0 Å². The maximum atomic E-state index is 12.6. The van der Waals surface area contributed by atoms with E-state index in [9.17, 15) is 8.78 Å². The molecule has 0 aliphatic carbocycles. The highest BCUT2D eigenvalue weighted by Gasteiger charge is 2.36. The van der Waals surface area contributed by atoms with E-state index >= 15 is 0 Å². The summed E-state index contributed by atoms with van der Waals surface area (Å²) >= 11 is 3.34. The zero-order chi connectivity index (χ0) is 16.2. The van der Waals surface area contributed by atoms with Gasteiger partial charge in [0.05, 0.1) is 21.4 Å². The van der Waals surface area contributed by atoms with E-state index < -0.39 is 12.2 Å². The summed E-state index contributed by atoms with van der Waals surface area (Å²) in [6.07, 6.45) is 0. The van der Waals surface area contributed by atoms with E-state index in [1.165, 1.54) is 0 Å². The average Bonchev–Trinajstić information content (AvgIpc) is 2.78. The number of halogens is 3. The Bertz CT molecular complexity index is 758. The Morgan fingerprint density at radius 2 is 2.00 bits per heavy atom. The predicted octanol–water partition coefficient (Wildman–Crippen LogP) is 3.91. The maximum absolute atomic E-state index is 12.6. The van der Waals surface area contributed by atoms with E-state index in [1.54, 1.807) is 6.07 Å². The molecule has 1 aliphatic heterocycles. The molecule has 0 unspecified atom stereocenters. The molecule has 0 fully saturated rings. The van der Waals surface area contributed by atoms with Crippen LogP contribution >= 0.6 is 15.9 Å². The van der Waals surface area contributed by atoms with E-state index in [1.807, 2.05) is 32.3 Å². The molecule has 1 N–H and O–H groups in total. The van der Waals surface area contributed by atoms with Crippen LogP contribution < -0.4 is 10.1 Å². The zero-order valence-corrected chi connectivity index (χ0v) is 14.1. The van der Waals surface area contributed by atoms with Gasteiger partial charge >= 0.3 is 6.61 Å². The SMILES string of the molecule is Cc1c(Br)c(OC(F)F)cc2c1-n1c(C)nnc1C(C)(C)N2. The number of rotatable bonds is 2. The number of alkyl halides is 2. The summed E-state index contributed by atoms with van der Waals surface area (Å²) in [5.41, 5.74) is 1.85. The molecule has 22 heavy (non-hydrogen) atoms. The zero-order valence-electron chi connectivity index (χ0n) is 12.5. The molecular formula is C14H15BrF2N4O. The number of hydrogen-bond donors (Lipinski definition) is 1. The number of nitrogens with zero attached hydrogens (tertiary/aromatic N) is 3. The Morgan fingerprint density at radius 1 is 1.32 bits per heavy atom. The Morgan fingerprint density at radius 3 is 2.64 bits per heavy atom. The summed E-state index contributed by atoms with van der Waals surface area (Å²) in [7, 11) is 0. The van der Waals surface area contributed by atoms with Crippen molar-refractivity contribution in [1.29, 1.82) is 0 Å². The third-order valence-electron chi connectivity index (χ3n) is 3.70. The molecule has 0 saturated carbocycles. The molecule has 1 aliphatic rings. The fourth-order valence-corrected chi connectivity index (χ4v) is 3.14. The van der Waals surface area contributed by atoms with Gasteiger partial charge in [0.1, 0.15) is 11.6 Å². The van der Waals surface area contributed by atoms with Gasteiger partial charge in [0.2, 0.25) is 0 Å². The van der Waals surface area contributed by atoms with Crippen molar-refractivity contribution in [3.05, 3.63) is 27.8 Å².